The van der Waals surface area contributed by atoms with E-state index in [1.54, 1.807) is 0 Å². The predicted molar refractivity (Wildman–Crippen MR) is 68.3 cm³/mol. The molecule has 1 saturated carbocycles. The molecule has 1 aliphatic carbocycles. The fourth-order valence-electron chi connectivity index (χ4n) is 2.59. The average molecular weight is 256 g/mol. The van der Waals surface area contributed by atoms with Crippen molar-refractivity contribution < 1.29 is 14.3 Å². The summed E-state index contributed by atoms with van der Waals surface area (Å²) in [7, 11) is 0. The number of carbonyl (C=O) groups is 1. The lowest BCUT2D eigenvalue weighted by atomic mass is 9.96. The van der Waals surface area contributed by atoms with Gasteiger partial charge in [0.15, 0.2) is 5.79 Å². The number of ether oxygens (including phenoxy) is 2. The number of amides is 2. The quantitative estimate of drug-likeness (QED) is 0.806. The Morgan fingerprint density at radius 2 is 1.89 bits per heavy atom. The SMILES string of the molecule is CC1(CCNC(=O)NC2CCCCC2)OCCO1. The van der Waals surface area contributed by atoms with E-state index < -0.39 is 5.79 Å². The smallest absolute Gasteiger partial charge is 0.315 e. The molecule has 5 nitrogen and oxygen atoms in total. The maximum absolute atomic E-state index is 11.7. The molecule has 104 valence electrons. The van der Waals surface area contributed by atoms with Gasteiger partial charge in [0.2, 0.25) is 0 Å². The minimum atomic E-state index is -0.516. The molecular formula is C13H24N2O3. The molecule has 2 aliphatic rings. The Morgan fingerprint density at radius 1 is 1.22 bits per heavy atom. The summed E-state index contributed by atoms with van der Waals surface area (Å²) in [5.74, 6) is -0.516. The van der Waals surface area contributed by atoms with Crippen LogP contribution in [0.4, 0.5) is 4.79 Å². The molecule has 2 fully saturated rings. The van der Waals surface area contributed by atoms with E-state index >= 15 is 0 Å². The summed E-state index contributed by atoms with van der Waals surface area (Å²) in [6, 6.07) is 0.289. The third-order valence-electron chi connectivity index (χ3n) is 3.70. The molecule has 0 atom stereocenters. The van der Waals surface area contributed by atoms with E-state index in [1.165, 1.54) is 19.3 Å². The molecule has 0 aromatic heterocycles. The summed E-state index contributed by atoms with van der Waals surface area (Å²) >= 11 is 0. The molecular weight excluding hydrogens is 232 g/mol. The first-order valence-corrected chi connectivity index (χ1v) is 7.00. The molecule has 0 aromatic carbocycles. The maximum Gasteiger partial charge on any atom is 0.315 e. The lowest BCUT2D eigenvalue weighted by molar-refractivity contribution is -0.145. The van der Waals surface area contributed by atoms with Gasteiger partial charge in [-0.05, 0) is 19.8 Å². The Hall–Kier alpha value is -0.810. The Morgan fingerprint density at radius 3 is 2.56 bits per heavy atom. The molecule has 0 radical (unpaired) electrons. The van der Waals surface area contributed by atoms with Crippen LogP contribution in [-0.2, 0) is 9.47 Å². The van der Waals surface area contributed by atoms with Gasteiger partial charge in [-0.2, -0.15) is 0 Å². The largest absolute Gasteiger partial charge is 0.348 e. The molecule has 0 bridgehead atoms. The van der Waals surface area contributed by atoms with Gasteiger partial charge < -0.3 is 20.1 Å². The molecule has 5 heteroatoms. The first-order chi connectivity index (χ1) is 8.68. The Bertz CT molecular complexity index is 271. The topological polar surface area (TPSA) is 59.6 Å². The summed E-state index contributed by atoms with van der Waals surface area (Å²) < 4.78 is 11.0. The van der Waals surface area contributed by atoms with Gasteiger partial charge in [0.1, 0.15) is 0 Å². The number of hydrogen-bond donors (Lipinski definition) is 2. The fourth-order valence-corrected chi connectivity index (χ4v) is 2.59. The van der Waals surface area contributed by atoms with Gasteiger partial charge in [-0.3, -0.25) is 0 Å². The number of rotatable bonds is 4. The molecule has 18 heavy (non-hydrogen) atoms. The molecule has 1 heterocycles. The van der Waals surface area contributed by atoms with Gasteiger partial charge in [0, 0.05) is 19.0 Å². The van der Waals surface area contributed by atoms with E-state index in [4.69, 9.17) is 9.47 Å². The van der Waals surface area contributed by atoms with E-state index in [-0.39, 0.29) is 6.03 Å². The number of urea groups is 1. The number of nitrogens with one attached hydrogen (secondary N) is 2. The van der Waals surface area contributed by atoms with E-state index in [2.05, 4.69) is 10.6 Å². The van der Waals surface area contributed by atoms with Crippen LogP contribution in [0.5, 0.6) is 0 Å². The minimum Gasteiger partial charge on any atom is -0.348 e. The van der Waals surface area contributed by atoms with Crippen LogP contribution in [0.15, 0.2) is 0 Å². The fraction of sp³-hybridized carbons (Fsp3) is 0.923. The lowest BCUT2D eigenvalue weighted by Gasteiger charge is -2.24. The molecule has 1 saturated heterocycles. The third-order valence-corrected chi connectivity index (χ3v) is 3.70. The van der Waals surface area contributed by atoms with E-state index in [0.717, 1.165) is 12.8 Å². The summed E-state index contributed by atoms with van der Waals surface area (Å²) in [5, 5.41) is 5.90. The van der Waals surface area contributed by atoms with E-state index in [1.807, 2.05) is 6.92 Å². The van der Waals surface area contributed by atoms with Crippen molar-refractivity contribution in [1.82, 2.24) is 10.6 Å². The maximum atomic E-state index is 11.7. The molecule has 0 spiro atoms. The highest BCUT2D eigenvalue weighted by molar-refractivity contribution is 5.74. The average Bonchev–Trinajstić information content (AvgIpc) is 2.77. The highest BCUT2D eigenvalue weighted by Crippen LogP contribution is 2.21. The van der Waals surface area contributed by atoms with Crippen molar-refractivity contribution in [2.75, 3.05) is 19.8 Å². The second-order valence-electron chi connectivity index (χ2n) is 5.32. The highest BCUT2D eigenvalue weighted by Gasteiger charge is 2.30. The van der Waals surface area contributed by atoms with Crippen molar-refractivity contribution in [2.45, 2.75) is 57.3 Å². The second-order valence-corrected chi connectivity index (χ2v) is 5.32. The molecule has 2 rings (SSSR count). The van der Waals surface area contributed by atoms with Crippen LogP contribution >= 0.6 is 0 Å². The van der Waals surface area contributed by atoms with Gasteiger partial charge in [-0.25, -0.2) is 4.79 Å². The van der Waals surface area contributed by atoms with Gasteiger partial charge >= 0.3 is 6.03 Å². The van der Waals surface area contributed by atoms with Crippen LogP contribution in [-0.4, -0.2) is 37.6 Å². The normalized spacial score (nSPS) is 23.8. The van der Waals surface area contributed by atoms with Crippen molar-refractivity contribution in [1.29, 1.82) is 0 Å². The molecule has 2 N–H and O–H groups in total. The first-order valence-electron chi connectivity index (χ1n) is 7.00. The standard InChI is InChI=1S/C13H24N2O3/c1-13(17-9-10-18-13)7-8-14-12(16)15-11-5-3-2-4-6-11/h11H,2-10H2,1H3,(H2,14,15,16). The van der Waals surface area contributed by atoms with Crippen LogP contribution in [0, 0.1) is 0 Å². The molecule has 0 unspecified atom stereocenters. The Balaban J connectivity index is 1.59. The van der Waals surface area contributed by atoms with Gasteiger partial charge in [-0.15, -0.1) is 0 Å². The number of carbonyl (C=O) groups excluding carboxylic acids is 1. The van der Waals surface area contributed by atoms with Crippen LogP contribution in [0.3, 0.4) is 0 Å². The Kier molecular flexibility index (Phi) is 4.83. The summed E-state index contributed by atoms with van der Waals surface area (Å²) in [5.41, 5.74) is 0. The summed E-state index contributed by atoms with van der Waals surface area (Å²) in [6.45, 7) is 3.78. The summed E-state index contributed by atoms with van der Waals surface area (Å²) in [4.78, 5) is 11.7. The van der Waals surface area contributed by atoms with Crippen LogP contribution in [0.2, 0.25) is 0 Å². The zero-order valence-corrected chi connectivity index (χ0v) is 11.2. The predicted octanol–water partition coefficient (Wildman–Crippen LogP) is 1.77. The van der Waals surface area contributed by atoms with Gasteiger partial charge in [0.05, 0.1) is 13.2 Å². The van der Waals surface area contributed by atoms with Crippen LogP contribution < -0.4 is 10.6 Å². The highest BCUT2D eigenvalue weighted by atomic mass is 16.7. The van der Waals surface area contributed by atoms with Crippen LogP contribution in [0.25, 0.3) is 0 Å². The van der Waals surface area contributed by atoms with Crippen molar-refractivity contribution in [3.63, 3.8) is 0 Å². The Labute approximate surface area is 109 Å². The molecule has 0 aromatic rings. The lowest BCUT2D eigenvalue weighted by Crippen LogP contribution is -2.44. The first kappa shape index (κ1) is 13.6. The summed E-state index contributed by atoms with van der Waals surface area (Å²) in [6.07, 6.45) is 6.65. The van der Waals surface area contributed by atoms with Crippen molar-refractivity contribution in [3.05, 3.63) is 0 Å². The van der Waals surface area contributed by atoms with Gasteiger partial charge in [0.25, 0.3) is 0 Å². The van der Waals surface area contributed by atoms with Crippen molar-refractivity contribution in [2.24, 2.45) is 0 Å². The zero-order valence-electron chi connectivity index (χ0n) is 11.2. The van der Waals surface area contributed by atoms with E-state index in [9.17, 15) is 4.79 Å². The monoisotopic (exact) mass is 256 g/mol. The van der Waals surface area contributed by atoms with Crippen molar-refractivity contribution >= 4 is 6.03 Å². The zero-order chi connectivity index (χ0) is 12.8. The number of hydrogen-bond acceptors (Lipinski definition) is 3. The second kappa shape index (κ2) is 6.38. The molecule has 1 aliphatic heterocycles. The van der Waals surface area contributed by atoms with Crippen molar-refractivity contribution in [3.8, 4) is 0 Å². The molecule has 2 amide bonds. The van der Waals surface area contributed by atoms with Gasteiger partial charge in [-0.1, -0.05) is 19.3 Å². The van der Waals surface area contributed by atoms with Crippen LogP contribution in [0.1, 0.15) is 45.4 Å². The minimum absolute atomic E-state index is 0.0662. The third kappa shape index (κ3) is 4.14. The van der Waals surface area contributed by atoms with E-state index in [0.29, 0.717) is 32.2 Å².